The monoisotopic (exact) mass is 866 g/mol. The molecule has 9 aromatic carbocycles. The number of rotatable bonds is 7. The molecule has 0 fully saturated rings. The largest absolute Gasteiger partial charge is 0.309 e. The molecular formula is C60H34N8. The molecular weight excluding hydrogens is 833 g/mol. The van der Waals surface area contributed by atoms with Gasteiger partial charge in [0.15, 0.2) is 17.5 Å². The Hall–Kier alpha value is -9.94. The molecule has 0 atom stereocenters. The average molecular weight is 867 g/mol. The van der Waals surface area contributed by atoms with Crippen LogP contribution in [0.4, 0.5) is 0 Å². The van der Waals surface area contributed by atoms with Crippen LogP contribution >= 0.6 is 0 Å². The van der Waals surface area contributed by atoms with Gasteiger partial charge in [-0.3, -0.25) is 0 Å². The van der Waals surface area contributed by atoms with Crippen LogP contribution in [-0.2, 0) is 0 Å². The van der Waals surface area contributed by atoms with E-state index in [0.29, 0.717) is 34.2 Å². The molecule has 0 aliphatic rings. The van der Waals surface area contributed by atoms with Gasteiger partial charge in [-0.05, 0) is 90.0 Å². The van der Waals surface area contributed by atoms with Gasteiger partial charge in [-0.2, -0.15) is 15.8 Å². The molecule has 8 heteroatoms. The summed E-state index contributed by atoms with van der Waals surface area (Å²) in [5, 5.41) is 34.4. The van der Waals surface area contributed by atoms with Crippen LogP contribution in [0, 0.1) is 34.0 Å². The van der Waals surface area contributed by atoms with Gasteiger partial charge in [-0.1, -0.05) is 127 Å². The Balaban J connectivity index is 1.21. The van der Waals surface area contributed by atoms with E-state index >= 15 is 0 Å². The normalized spacial score (nSPS) is 11.2. The molecule has 0 saturated carbocycles. The van der Waals surface area contributed by atoms with E-state index in [1.807, 2.05) is 146 Å². The van der Waals surface area contributed by atoms with Gasteiger partial charge in [0.2, 0.25) is 0 Å². The highest BCUT2D eigenvalue weighted by molar-refractivity contribution is 6.12. The number of aromatic nitrogens is 5. The maximum atomic E-state index is 10.4. The lowest BCUT2D eigenvalue weighted by Crippen LogP contribution is -2.04. The number of fused-ring (bicyclic) bond motifs is 6. The molecule has 0 bridgehead atoms. The van der Waals surface area contributed by atoms with Gasteiger partial charge in [0.25, 0.3) is 0 Å². The number of nitriles is 3. The lowest BCUT2D eigenvalue weighted by molar-refractivity contribution is 1.07. The first-order valence-corrected chi connectivity index (χ1v) is 22.1. The molecule has 12 aromatic rings. The van der Waals surface area contributed by atoms with Crippen LogP contribution in [0.15, 0.2) is 206 Å². The van der Waals surface area contributed by atoms with Crippen molar-refractivity contribution < 1.29 is 0 Å². The second kappa shape index (κ2) is 16.2. The van der Waals surface area contributed by atoms with Crippen molar-refractivity contribution in [1.29, 1.82) is 15.8 Å². The third-order valence-electron chi connectivity index (χ3n) is 12.7. The van der Waals surface area contributed by atoms with E-state index in [0.717, 1.165) is 93.9 Å². The molecule has 0 spiro atoms. The van der Waals surface area contributed by atoms with Gasteiger partial charge in [0.05, 0.1) is 68.3 Å². The molecule has 0 aliphatic heterocycles. The Bertz CT molecular complexity index is 4070. The molecule has 0 unspecified atom stereocenters. The molecule has 3 heterocycles. The van der Waals surface area contributed by atoms with Gasteiger partial charge in [0, 0.05) is 49.4 Å². The van der Waals surface area contributed by atoms with Crippen molar-refractivity contribution in [1.82, 2.24) is 24.1 Å². The minimum atomic E-state index is 0.508. The van der Waals surface area contributed by atoms with Crippen LogP contribution in [0.1, 0.15) is 16.7 Å². The Labute approximate surface area is 390 Å². The molecule has 0 aliphatic carbocycles. The summed E-state index contributed by atoms with van der Waals surface area (Å²) < 4.78 is 4.54. The van der Waals surface area contributed by atoms with Crippen molar-refractivity contribution in [3.63, 3.8) is 0 Å². The SMILES string of the molecule is N#Cc1ccc2c(c1)c1ccccc1n2-c1ccc(-c2nc(-c3ccccc3)nc(-c3ccccc3)n2)cc1-c1ccc(-c2ccccc2C#N)cc1-n1c2ccccc2c2cc(C#N)ccc21. The molecule has 3 aromatic heterocycles. The predicted octanol–water partition coefficient (Wildman–Crippen LogP) is 14.0. The van der Waals surface area contributed by atoms with Crippen LogP contribution in [0.3, 0.4) is 0 Å². The van der Waals surface area contributed by atoms with Crippen molar-refractivity contribution in [3.8, 4) is 86.0 Å². The fourth-order valence-electron chi connectivity index (χ4n) is 9.57. The van der Waals surface area contributed by atoms with Crippen LogP contribution in [-0.4, -0.2) is 24.1 Å². The first kappa shape index (κ1) is 39.6. The predicted molar refractivity (Wildman–Crippen MR) is 270 cm³/mol. The number of hydrogen-bond acceptors (Lipinski definition) is 6. The van der Waals surface area contributed by atoms with E-state index in [4.69, 9.17) is 15.0 Å². The highest BCUT2D eigenvalue weighted by Crippen LogP contribution is 2.44. The third-order valence-corrected chi connectivity index (χ3v) is 12.7. The van der Waals surface area contributed by atoms with Crippen LogP contribution in [0.25, 0.3) is 111 Å². The van der Waals surface area contributed by atoms with E-state index < -0.39 is 0 Å². The average Bonchev–Trinajstić information content (AvgIpc) is 3.92. The second-order valence-electron chi connectivity index (χ2n) is 16.6. The zero-order valence-corrected chi connectivity index (χ0v) is 36.2. The number of para-hydroxylation sites is 2. The van der Waals surface area contributed by atoms with Gasteiger partial charge < -0.3 is 9.13 Å². The standard InChI is InChI=1S/C60H34N8/c61-35-38-23-28-54-49(31-38)46-19-9-11-21-52(46)67(54)56-30-26-43(60-65-58(40-13-3-1-4-14-40)64-59(66-60)41-15-5-2-6-16-41)33-51(56)48-27-25-42(45-18-8-7-17-44(45)37-63)34-57(48)68-53-22-12-10-20-47(53)50-32-39(36-62)24-29-55(50)68/h1-34H. The number of benzene rings is 9. The Morgan fingerprint density at radius 1 is 0.309 bits per heavy atom. The molecule has 314 valence electrons. The minimum Gasteiger partial charge on any atom is -0.309 e. The Morgan fingerprint density at radius 2 is 0.794 bits per heavy atom. The Kier molecular flexibility index (Phi) is 9.47. The summed E-state index contributed by atoms with van der Waals surface area (Å²) in [6, 6.07) is 75.7. The highest BCUT2D eigenvalue weighted by Gasteiger charge is 2.24. The summed E-state index contributed by atoms with van der Waals surface area (Å²) in [5.74, 6) is 1.62. The van der Waals surface area contributed by atoms with Gasteiger partial charge in [-0.15, -0.1) is 0 Å². The van der Waals surface area contributed by atoms with Gasteiger partial charge >= 0.3 is 0 Å². The fourth-order valence-corrected chi connectivity index (χ4v) is 9.57. The van der Waals surface area contributed by atoms with Crippen molar-refractivity contribution >= 4 is 43.6 Å². The lowest BCUT2D eigenvalue weighted by atomic mass is 9.93. The molecule has 0 amide bonds. The molecule has 0 N–H and O–H groups in total. The maximum Gasteiger partial charge on any atom is 0.164 e. The number of hydrogen-bond donors (Lipinski definition) is 0. The lowest BCUT2D eigenvalue weighted by Gasteiger charge is -2.21. The van der Waals surface area contributed by atoms with Crippen LogP contribution < -0.4 is 0 Å². The zero-order valence-electron chi connectivity index (χ0n) is 36.2. The first-order valence-electron chi connectivity index (χ1n) is 22.1. The van der Waals surface area contributed by atoms with Crippen molar-refractivity contribution in [2.45, 2.75) is 0 Å². The smallest absolute Gasteiger partial charge is 0.164 e. The second-order valence-corrected chi connectivity index (χ2v) is 16.6. The van der Waals surface area contributed by atoms with E-state index in [1.165, 1.54) is 0 Å². The highest BCUT2D eigenvalue weighted by atomic mass is 15.0. The topological polar surface area (TPSA) is 120 Å². The van der Waals surface area contributed by atoms with Gasteiger partial charge in [-0.25, -0.2) is 15.0 Å². The molecule has 0 radical (unpaired) electrons. The summed E-state index contributed by atoms with van der Waals surface area (Å²) in [7, 11) is 0. The Morgan fingerprint density at radius 3 is 1.37 bits per heavy atom. The van der Waals surface area contributed by atoms with Crippen molar-refractivity contribution in [2.24, 2.45) is 0 Å². The maximum absolute atomic E-state index is 10.4. The van der Waals surface area contributed by atoms with Crippen molar-refractivity contribution in [3.05, 3.63) is 223 Å². The molecule has 0 saturated heterocycles. The summed E-state index contributed by atoms with van der Waals surface area (Å²) >= 11 is 0. The van der Waals surface area contributed by atoms with E-state index in [2.05, 4.69) is 88.0 Å². The first-order chi connectivity index (χ1) is 33.6. The van der Waals surface area contributed by atoms with Crippen molar-refractivity contribution in [2.75, 3.05) is 0 Å². The van der Waals surface area contributed by atoms with E-state index in [9.17, 15) is 15.8 Å². The number of nitrogens with zero attached hydrogens (tertiary/aromatic N) is 8. The summed E-state index contributed by atoms with van der Waals surface area (Å²) in [6.07, 6.45) is 0. The zero-order chi connectivity index (χ0) is 45.7. The summed E-state index contributed by atoms with van der Waals surface area (Å²) in [4.78, 5) is 15.3. The van der Waals surface area contributed by atoms with Crippen LogP contribution in [0.5, 0.6) is 0 Å². The van der Waals surface area contributed by atoms with Gasteiger partial charge in [0.1, 0.15) is 0 Å². The van der Waals surface area contributed by atoms with E-state index in [-0.39, 0.29) is 0 Å². The molecule has 68 heavy (non-hydrogen) atoms. The molecule has 8 nitrogen and oxygen atoms in total. The third kappa shape index (κ3) is 6.55. The summed E-state index contributed by atoms with van der Waals surface area (Å²) in [5.41, 5.74) is 13.3. The summed E-state index contributed by atoms with van der Waals surface area (Å²) in [6.45, 7) is 0. The molecule has 12 rings (SSSR count). The quantitative estimate of drug-likeness (QED) is 0.157. The fraction of sp³-hybridized carbons (Fsp3) is 0. The minimum absolute atomic E-state index is 0.508. The van der Waals surface area contributed by atoms with E-state index in [1.54, 1.807) is 0 Å². The van der Waals surface area contributed by atoms with Crippen LogP contribution in [0.2, 0.25) is 0 Å².